The molecular weight excluding hydrogens is 741 g/mol. The Morgan fingerprint density at radius 2 is 1.65 bits per heavy atom. The number of alkyl halides is 2. The molecule has 3 aromatic heterocycles. The lowest BCUT2D eigenvalue weighted by Crippen LogP contribution is -2.38. The van der Waals surface area contributed by atoms with Gasteiger partial charge in [0.25, 0.3) is 12.0 Å². The van der Waals surface area contributed by atoms with E-state index in [-0.39, 0.29) is 45.4 Å². The second kappa shape index (κ2) is 15.1. The number of carbonyl (C=O) groups is 1. The van der Waals surface area contributed by atoms with Gasteiger partial charge >= 0.3 is 11.7 Å². The summed E-state index contributed by atoms with van der Waals surface area (Å²) in [6.07, 6.45) is 0.249. The molecule has 2 aromatic carbocycles. The molecule has 1 aliphatic carbocycles. The Balaban J connectivity index is 1.22. The zero-order valence-electron chi connectivity index (χ0n) is 30.1. The number of halogens is 4. The second-order valence-electron chi connectivity index (χ2n) is 13.5. The quantitative estimate of drug-likeness (QED) is 0.151. The second-order valence-corrected chi connectivity index (χ2v) is 14.2. The van der Waals surface area contributed by atoms with Crippen molar-refractivity contribution in [1.29, 1.82) is 0 Å². The van der Waals surface area contributed by atoms with Crippen LogP contribution in [0.2, 0.25) is 10.0 Å². The van der Waals surface area contributed by atoms with Crippen LogP contribution in [-0.2, 0) is 30.0 Å². The number of ether oxygens (including phenoxy) is 2. The van der Waals surface area contributed by atoms with E-state index in [4.69, 9.17) is 37.7 Å². The van der Waals surface area contributed by atoms with Crippen molar-refractivity contribution in [2.75, 3.05) is 32.1 Å². The first-order valence-electron chi connectivity index (χ1n) is 17.7. The molecule has 54 heavy (non-hydrogen) atoms. The Morgan fingerprint density at radius 3 is 2.33 bits per heavy atom. The highest BCUT2D eigenvalue weighted by Gasteiger charge is 2.36. The number of methoxy groups -OCH3 is 1. The Kier molecular flexibility index (Phi) is 10.5. The van der Waals surface area contributed by atoms with Gasteiger partial charge in [0.2, 0.25) is 5.88 Å². The van der Waals surface area contributed by atoms with Crippen molar-refractivity contribution in [3.05, 3.63) is 96.2 Å². The summed E-state index contributed by atoms with van der Waals surface area (Å²) in [5.41, 5.74) is 2.88. The van der Waals surface area contributed by atoms with Crippen molar-refractivity contribution in [2.24, 2.45) is 20.0 Å². The molecule has 0 saturated carbocycles. The number of likely N-dealkylation sites (tertiary alicyclic amines) is 1. The number of aryl methyl sites for hydroxylation is 2. The third-order valence-electron chi connectivity index (χ3n) is 10.4. The van der Waals surface area contributed by atoms with Gasteiger partial charge in [-0.3, -0.25) is 23.6 Å². The van der Waals surface area contributed by atoms with Crippen LogP contribution < -0.4 is 21.3 Å². The fourth-order valence-corrected chi connectivity index (χ4v) is 8.26. The highest BCUT2D eigenvalue weighted by molar-refractivity contribution is 6.39. The number of esters is 1. The number of benzene rings is 2. The zero-order chi connectivity index (χ0) is 38.4. The van der Waals surface area contributed by atoms with Crippen molar-refractivity contribution in [2.45, 2.75) is 45.1 Å². The highest BCUT2D eigenvalue weighted by atomic mass is 35.5. The lowest BCUT2D eigenvalue weighted by Gasteiger charge is -2.35. The zero-order valence-corrected chi connectivity index (χ0v) is 31.6. The smallest absolute Gasteiger partial charge is 0.330 e. The molecule has 1 aliphatic heterocycles. The molecule has 1 atom stereocenters. The normalized spacial score (nSPS) is 16.2. The molecule has 0 amide bonds. The van der Waals surface area contributed by atoms with E-state index in [1.165, 1.54) is 14.1 Å². The van der Waals surface area contributed by atoms with Gasteiger partial charge in [0.1, 0.15) is 16.9 Å². The first kappa shape index (κ1) is 37.5. The van der Waals surface area contributed by atoms with Crippen molar-refractivity contribution in [3.8, 4) is 28.3 Å². The number of aromatic nitrogens is 4. The molecule has 0 unspecified atom stereocenters. The average Bonchev–Trinajstić information content (AvgIpc) is 3.61. The summed E-state index contributed by atoms with van der Waals surface area (Å²) in [4.78, 5) is 49.6. The molecule has 0 bridgehead atoms. The van der Waals surface area contributed by atoms with Crippen LogP contribution in [0.1, 0.15) is 55.5 Å². The minimum Gasteiger partial charge on any atom is -0.481 e. The minimum atomic E-state index is -2.97. The molecule has 7 rings (SSSR count). The first-order valence-corrected chi connectivity index (χ1v) is 18.4. The third kappa shape index (κ3) is 6.62. The summed E-state index contributed by atoms with van der Waals surface area (Å²) >= 11 is 14.1. The SMILES string of the molecule is CCOC(=O)C1CCN([C@H]2CCc3cc(-c4cccc(-c5cccc(Nc6nc(C(F)F)cc7c6c(=O)n(C)c(=O)n7C)c5Cl)c4Cl)nc(OC)c32)CC1. The first-order chi connectivity index (χ1) is 25.9. The van der Waals surface area contributed by atoms with Crippen LogP contribution in [-0.4, -0.2) is 56.8 Å². The third-order valence-corrected chi connectivity index (χ3v) is 11.2. The van der Waals surface area contributed by atoms with Gasteiger partial charge in [0.15, 0.2) is 0 Å². The lowest BCUT2D eigenvalue weighted by atomic mass is 9.94. The number of rotatable bonds is 9. The van der Waals surface area contributed by atoms with Gasteiger partial charge in [0, 0.05) is 42.4 Å². The van der Waals surface area contributed by atoms with E-state index in [0.29, 0.717) is 39.9 Å². The summed E-state index contributed by atoms with van der Waals surface area (Å²) in [7, 11) is 4.31. The Hall–Kier alpha value is -4.85. The fourth-order valence-electron chi connectivity index (χ4n) is 7.66. The van der Waals surface area contributed by atoms with Crippen molar-refractivity contribution in [3.63, 3.8) is 0 Å². The maximum Gasteiger partial charge on any atom is 0.330 e. The van der Waals surface area contributed by atoms with Gasteiger partial charge < -0.3 is 14.8 Å². The van der Waals surface area contributed by atoms with Crippen molar-refractivity contribution in [1.82, 2.24) is 24.0 Å². The predicted octanol–water partition coefficient (Wildman–Crippen LogP) is 7.62. The molecule has 1 saturated heterocycles. The number of carbonyl (C=O) groups excluding carboxylic acids is 1. The van der Waals surface area contributed by atoms with Crippen LogP contribution in [0.15, 0.2) is 58.1 Å². The van der Waals surface area contributed by atoms with Gasteiger partial charge in [-0.1, -0.05) is 53.5 Å². The summed E-state index contributed by atoms with van der Waals surface area (Å²) in [6.45, 7) is 3.77. The van der Waals surface area contributed by atoms with E-state index in [1.54, 1.807) is 25.3 Å². The van der Waals surface area contributed by atoms with Crippen LogP contribution in [0, 0.1) is 5.92 Å². The van der Waals surface area contributed by atoms with Gasteiger partial charge in [-0.15, -0.1) is 0 Å². The van der Waals surface area contributed by atoms with Crippen molar-refractivity contribution >= 4 is 51.6 Å². The number of nitrogens with one attached hydrogen (secondary N) is 1. The number of piperidine rings is 1. The van der Waals surface area contributed by atoms with Crippen LogP contribution in [0.5, 0.6) is 5.88 Å². The largest absolute Gasteiger partial charge is 0.481 e. The van der Waals surface area contributed by atoms with Crippen LogP contribution >= 0.6 is 23.2 Å². The average molecular weight is 780 g/mol. The van der Waals surface area contributed by atoms with Crippen LogP contribution in [0.4, 0.5) is 20.3 Å². The summed E-state index contributed by atoms with van der Waals surface area (Å²) in [5, 5.41) is 3.52. The minimum absolute atomic E-state index is 0.00100. The number of fused-ring (bicyclic) bond motifs is 2. The molecule has 0 spiro atoms. The lowest BCUT2D eigenvalue weighted by molar-refractivity contribution is -0.149. The molecule has 5 aromatic rings. The molecule has 1 N–H and O–H groups in total. The topological polar surface area (TPSA) is 121 Å². The van der Waals surface area contributed by atoms with Gasteiger partial charge in [0.05, 0.1) is 46.6 Å². The Labute approximate surface area is 319 Å². The Morgan fingerprint density at radius 1 is 0.963 bits per heavy atom. The Bertz CT molecular complexity index is 2410. The molecule has 1 fully saturated rings. The standard InChI is InChI=1S/C39H38Cl2F2N6O5/c1-5-54-38(51)20-14-16-49(17-15-20)28-13-12-21-18-26(46-36(53-4)30(21)28)24-10-6-8-22(32(24)40)23-9-7-11-25(33(23)41)44-35-31-29(19-27(45-35)34(42)43)47(2)39(52)48(3)37(31)50/h6-11,18-20,28,34H,5,12-17H2,1-4H3,(H,44,45)/t28-/m0/s1. The predicted molar refractivity (Wildman–Crippen MR) is 204 cm³/mol. The maximum atomic E-state index is 14.0. The number of anilines is 2. The highest BCUT2D eigenvalue weighted by Crippen LogP contribution is 2.46. The van der Waals surface area contributed by atoms with E-state index in [2.05, 4.69) is 15.2 Å². The number of hydrogen-bond donors (Lipinski definition) is 1. The van der Waals surface area contributed by atoms with Gasteiger partial charge in [-0.25, -0.2) is 23.5 Å². The van der Waals surface area contributed by atoms with Crippen LogP contribution in [0.25, 0.3) is 33.3 Å². The molecule has 0 radical (unpaired) electrons. The van der Waals surface area contributed by atoms with Gasteiger partial charge in [-0.05, 0) is 69.5 Å². The van der Waals surface area contributed by atoms with Crippen molar-refractivity contribution < 1.29 is 23.0 Å². The summed E-state index contributed by atoms with van der Waals surface area (Å²) in [5.74, 6) is 0.150. The monoisotopic (exact) mass is 778 g/mol. The molecule has 4 heterocycles. The molecule has 282 valence electrons. The maximum absolute atomic E-state index is 14.0. The van der Waals surface area contributed by atoms with E-state index in [0.717, 1.165) is 65.1 Å². The number of hydrogen-bond acceptors (Lipinski definition) is 9. The van der Waals surface area contributed by atoms with E-state index < -0.39 is 23.4 Å². The van der Waals surface area contributed by atoms with Gasteiger partial charge in [-0.2, -0.15) is 0 Å². The summed E-state index contributed by atoms with van der Waals surface area (Å²) < 4.78 is 41.1. The van der Waals surface area contributed by atoms with E-state index in [1.807, 2.05) is 31.2 Å². The van der Waals surface area contributed by atoms with E-state index in [9.17, 15) is 23.2 Å². The number of nitrogens with zero attached hydrogens (tertiary/aromatic N) is 5. The summed E-state index contributed by atoms with van der Waals surface area (Å²) in [6, 6.07) is 13.8. The van der Waals surface area contributed by atoms with Crippen LogP contribution in [0.3, 0.4) is 0 Å². The fraction of sp³-hybridized carbons (Fsp3) is 0.359. The molecular formula is C39H38Cl2F2N6O5. The molecule has 15 heteroatoms. The van der Waals surface area contributed by atoms with E-state index >= 15 is 0 Å². The number of pyridine rings is 2. The molecule has 11 nitrogen and oxygen atoms in total. The molecule has 2 aliphatic rings.